The van der Waals surface area contributed by atoms with Gasteiger partial charge in [-0.3, -0.25) is 0 Å². The van der Waals surface area contributed by atoms with Gasteiger partial charge in [0.15, 0.2) is 40.6 Å². The van der Waals surface area contributed by atoms with E-state index < -0.39 is 75.9 Å². The van der Waals surface area contributed by atoms with Crippen molar-refractivity contribution in [3.05, 3.63) is 102 Å². The van der Waals surface area contributed by atoms with Gasteiger partial charge in [-0.1, -0.05) is 59.2 Å². The molecule has 23 heteroatoms. The number of anilines is 2. The Balaban J connectivity index is 0.000000229. The van der Waals surface area contributed by atoms with Crippen LogP contribution in [0.25, 0.3) is 44.8 Å². The molecule has 16 nitrogen and oxygen atoms in total. The van der Waals surface area contributed by atoms with Crippen molar-refractivity contribution in [1.82, 2.24) is 38.9 Å². The summed E-state index contributed by atoms with van der Waals surface area (Å²) in [5.41, 5.74) is 0.742. The minimum atomic E-state index is -4.14. The van der Waals surface area contributed by atoms with Gasteiger partial charge in [0.2, 0.25) is 0 Å². The molecule has 0 aliphatic rings. The normalized spacial score (nSPS) is 13.6. The van der Waals surface area contributed by atoms with Gasteiger partial charge in [-0.2, -0.15) is 0 Å². The highest BCUT2D eigenvalue weighted by molar-refractivity contribution is 7.91. The van der Waals surface area contributed by atoms with E-state index in [1.807, 2.05) is 27.7 Å². The number of fused-ring (bicyclic) bond motifs is 2. The fraction of sp³-hybridized carbons (Fsp3) is 0.349. The molecule has 7 rings (SSSR count). The summed E-state index contributed by atoms with van der Waals surface area (Å²) in [5.74, 6) is -3.58. The predicted octanol–water partition coefficient (Wildman–Crippen LogP) is 7.36. The molecule has 3 N–H and O–H groups in total. The summed E-state index contributed by atoms with van der Waals surface area (Å²) in [6.45, 7) is 12.8. The molecule has 6 heterocycles. The van der Waals surface area contributed by atoms with E-state index in [1.54, 1.807) is 39.1 Å². The number of sulfone groups is 2. The molecule has 6 aromatic heterocycles. The second kappa shape index (κ2) is 18.3. The van der Waals surface area contributed by atoms with Gasteiger partial charge in [0.05, 0.1) is 41.2 Å². The highest BCUT2D eigenvalue weighted by Gasteiger charge is 2.32. The van der Waals surface area contributed by atoms with Crippen LogP contribution in [0.4, 0.5) is 29.2 Å². The minimum Gasteiger partial charge on any atom is -0.363 e. The van der Waals surface area contributed by atoms with Crippen LogP contribution in [0.2, 0.25) is 0 Å². The van der Waals surface area contributed by atoms with Crippen molar-refractivity contribution in [2.75, 3.05) is 34.7 Å². The Morgan fingerprint density at radius 1 is 0.652 bits per heavy atom. The maximum atomic E-state index is 14.8. The van der Waals surface area contributed by atoms with Crippen LogP contribution in [-0.4, -0.2) is 100 Å². The molecule has 7 aromatic rings. The van der Waals surface area contributed by atoms with Gasteiger partial charge in [0.1, 0.15) is 37.0 Å². The fourth-order valence-electron chi connectivity index (χ4n) is 6.55. The van der Waals surface area contributed by atoms with Crippen molar-refractivity contribution in [3.63, 3.8) is 0 Å². The molecule has 0 spiro atoms. The third-order valence-corrected chi connectivity index (χ3v) is 13.8. The van der Waals surface area contributed by atoms with Gasteiger partial charge in [-0.05, 0) is 42.0 Å². The van der Waals surface area contributed by atoms with Crippen molar-refractivity contribution in [2.45, 2.75) is 65.4 Å². The van der Waals surface area contributed by atoms with Crippen molar-refractivity contribution >= 4 is 63.4 Å². The average molecular weight is 973 g/mol. The first-order chi connectivity index (χ1) is 30.5. The average Bonchev–Trinajstić information content (AvgIpc) is 3.79. The van der Waals surface area contributed by atoms with E-state index in [0.717, 1.165) is 52.9 Å². The first kappa shape index (κ1) is 49.4. The van der Waals surface area contributed by atoms with Crippen LogP contribution in [0.3, 0.4) is 0 Å². The summed E-state index contributed by atoms with van der Waals surface area (Å²) < 4.78 is 132. The highest BCUT2D eigenvalue weighted by atomic mass is 32.2. The summed E-state index contributed by atoms with van der Waals surface area (Å²) in [6, 6.07) is 7.29. The Hall–Kier alpha value is -6.07. The van der Waals surface area contributed by atoms with Gasteiger partial charge < -0.3 is 15.6 Å². The van der Waals surface area contributed by atoms with Crippen LogP contribution in [0.1, 0.15) is 47.1 Å². The number of aromatic nitrogens is 8. The number of hydrogen-bond acceptors (Lipinski definition) is 14. The number of nitrogens with zero attached hydrogens (tertiary/aromatic N) is 7. The lowest BCUT2D eigenvalue weighted by molar-refractivity contribution is 0.358. The number of halogens is 4. The first-order valence-electron chi connectivity index (χ1n) is 20.1. The van der Waals surface area contributed by atoms with Crippen molar-refractivity contribution < 1.29 is 42.8 Å². The Morgan fingerprint density at radius 3 is 1.61 bits per heavy atom. The SMILES string of the molecule is CC(C)(C)[C@@H](CS(C)(=O)=O)Nc1nc(-c2c[nH]c3ncc(F)cc23)ncc1F.Cc1ccc(S(=O)(=O)n2cc(-c3ncc(F)c(N[C@H](CS(C)(=O)=O)C(C)(C)C)n3)c3cc(F)cnc32)cc1. The number of aromatic amines is 1. The highest BCUT2D eigenvalue weighted by Crippen LogP contribution is 2.34. The van der Waals surface area contributed by atoms with E-state index in [0.29, 0.717) is 16.6 Å². The molecule has 0 saturated heterocycles. The monoisotopic (exact) mass is 972 g/mol. The van der Waals surface area contributed by atoms with Crippen LogP contribution in [0.15, 0.2) is 78.5 Å². The molecule has 0 amide bonds. The number of hydrogen-bond donors (Lipinski definition) is 3. The molecule has 0 radical (unpaired) electrons. The fourth-order valence-corrected chi connectivity index (χ4v) is 10.3. The molecule has 0 saturated carbocycles. The summed E-state index contributed by atoms with van der Waals surface area (Å²) >= 11 is 0. The number of rotatable bonds is 12. The molecule has 0 unspecified atom stereocenters. The third-order valence-electron chi connectivity index (χ3n) is 10.3. The maximum Gasteiger partial charge on any atom is 0.269 e. The van der Waals surface area contributed by atoms with E-state index in [-0.39, 0.29) is 56.3 Å². The number of nitrogens with one attached hydrogen (secondary N) is 3. The Morgan fingerprint density at radius 2 is 1.12 bits per heavy atom. The molecule has 0 aliphatic carbocycles. The van der Waals surface area contributed by atoms with Crippen LogP contribution in [-0.2, 0) is 29.7 Å². The molecule has 0 aliphatic heterocycles. The third kappa shape index (κ3) is 11.7. The van der Waals surface area contributed by atoms with Gasteiger partial charge in [0, 0.05) is 58.9 Å². The van der Waals surface area contributed by atoms with Crippen LogP contribution in [0, 0.1) is 41.0 Å². The lowest BCUT2D eigenvalue weighted by Crippen LogP contribution is -2.40. The van der Waals surface area contributed by atoms with E-state index >= 15 is 0 Å². The van der Waals surface area contributed by atoms with Crippen LogP contribution >= 0.6 is 0 Å². The van der Waals surface area contributed by atoms with Crippen molar-refractivity contribution in [2.24, 2.45) is 10.8 Å². The van der Waals surface area contributed by atoms with E-state index in [1.165, 1.54) is 24.4 Å². The Kier molecular flexibility index (Phi) is 13.7. The topological polar surface area (TPSA) is 225 Å². The van der Waals surface area contributed by atoms with Gasteiger partial charge >= 0.3 is 0 Å². The summed E-state index contributed by atoms with van der Waals surface area (Å²) in [7, 11) is -10.9. The predicted molar refractivity (Wildman–Crippen MR) is 245 cm³/mol. The molecular formula is C43H48F4N10O6S3. The molecule has 66 heavy (non-hydrogen) atoms. The van der Waals surface area contributed by atoms with Gasteiger partial charge in [0.25, 0.3) is 10.0 Å². The largest absolute Gasteiger partial charge is 0.363 e. The quantitative estimate of drug-likeness (QED) is 0.102. The molecule has 0 bridgehead atoms. The lowest BCUT2D eigenvalue weighted by Gasteiger charge is -2.31. The Labute approximate surface area is 379 Å². The summed E-state index contributed by atoms with van der Waals surface area (Å²) in [5, 5.41) is 6.32. The summed E-state index contributed by atoms with van der Waals surface area (Å²) in [6.07, 6.45) is 8.84. The van der Waals surface area contributed by atoms with E-state index in [2.05, 4.69) is 45.5 Å². The van der Waals surface area contributed by atoms with Crippen molar-refractivity contribution in [1.29, 1.82) is 0 Å². The zero-order valence-corrected chi connectivity index (χ0v) is 39.8. The van der Waals surface area contributed by atoms with Crippen LogP contribution in [0.5, 0.6) is 0 Å². The van der Waals surface area contributed by atoms with E-state index in [9.17, 15) is 42.8 Å². The number of pyridine rings is 2. The first-order valence-corrected chi connectivity index (χ1v) is 25.6. The standard InChI is InChI=1S/C25H27F2N5O4S2.C18H21F2N5O2S/c1-15-6-8-17(9-7-15)38(35,36)32-13-19(18-10-16(26)11-29-24(18)32)22-28-12-20(27)23(31-22)30-21(25(2,3)4)14-37(5,33)34;1-18(2,3)14(9-28(4,26)27)24-17-13(20)8-23-16(25-17)12-7-22-15-11(12)5-10(19)6-21-15/h6-13,21H,14H2,1-5H3,(H,28,30,31);5-8,14H,9H2,1-4H3,(H,21,22)(H,23,24,25)/t21-;14-/m11/s1. The second-order valence-corrected chi connectivity index (χ2v) is 24.2. The zero-order valence-electron chi connectivity index (χ0n) is 37.3. The lowest BCUT2D eigenvalue weighted by atomic mass is 9.88. The van der Waals surface area contributed by atoms with E-state index in [4.69, 9.17) is 0 Å². The molecule has 352 valence electrons. The second-order valence-electron chi connectivity index (χ2n) is 18.0. The Bertz CT molecular complexity index is 3280. The molecule has 2 atom stereocenters. The van der Waals surface area contributed by atoms with Crippen molar-refractivity contribution in [3.8, 4) is 22.8 Å². The number of benzene rings is 1. The molecular weight excluding hydrogens is 925 g/mol. The molecule has 0 fully saturated rings. The minimum absolute atomic E-state index is 0.00570. The van der Waals surface area contributed by atoms with Gasteiger partial charge in [-0.15, -0.1) is 0 Å². The maximum absolute atomic E-state index is 14.8. The number of aryl methyl sites for hydroxylation is 1. The zero-order chi connectivity index (χ0) is 48.7. The smallest absolute Gasteiger partial charge is 0.269 e. The summed E-state index contributed by atoms with van der Waals surface area (Å²) in [4.78, 5) is 27.3. The van der Waals surface area contributed by atoms with Crippen LogP contribution < -0.4 is 10.6 Å². The number of H-pyrrole nitrogens is 1. The van der Waals surface area contributed by atoms with Gasteiger partial charge in [-0.25, -0.2) is 76.7 Å². The molecule has 1 aromatic carbocycles.